The van der Waals surface area contributed by atoms with Crippen LogP contribution in [0.5, 0.6) is 0 Å². The molecule has 0 bridgehead atoms. The largest absolute Gasteiger partial charge is 0.261 e. The van der Waals surface area contributed by atoms with Gasteiger partial charge in [0.25, 0.3) is 0 Å². The molecular formula is C14H11BrN2. The number of nitrogens with zero attached hydrogens (tertiary/aromatic N) is 2. The Balaban J connectivity index is 2.30. The van der Waals surface area contributed by atoms with Crippen LogP contribution in [0.3, 0.4) is 0 Å². The molecule has 1 unspecified atom stereocenters. The molecule has 2 nitrogen and oxygen atoms in total. The van der Waals surface area contributed by atoms with Gasteiger partial charge in [0.2, 0.25) is 0 Å². The SMILES string of the molecule is N#CN(c1ccccc1)C(Br)c1ccccc1. The van der Waals surface area contributed by atoms with Gasteiger partial charge < -0.3 is 0 Å². The van der Waals surface area contributed by atoms with E-state index in [-0.39, 0.29) is 4.95 Å². The number of anilines is 1. The zero-order valence-corrected chi connectivity index (χ0v) is 10.7. The third-order valence-corrected chi connectivity index (χ3v) is 3.38. The molecule has 0 spiro atoms. The fraction of sp³-hybridized carbons (Fsp3) is 0.0714. The molecule has 0 aliphatic heterocycles. The number of benzene rings is 2. The molecule has 2 rings (SSSR count). The van der Waals surface area contributed by atoms with Crippen LogP contribution >= 0.6 is 15.9 Å². The topological polar surface area (TPSA) is 27.0 Å². The van der Waals surface area contributed by atoms with Crippen LogP contribution in [0.1, 0.15) is 10.5 Å². The fourth-order valence-corrected chi connectivity index (χ4v) is 2.22. The van der Waals surface area contributed by atoms with E-state index in [1.807, 2.05) is 60.7 Å². The molecule has 0 saturated carbocycles. The second-order valence-corrected chi connectivity index (χ2v) is 4.42. The lowest BCUT2D eigenvalue weighted by Crippen LogP contribution is -2.18. The lowest BCUT2D eigenvalue weighted by molar-refractivity contribution is 0.966. The molecule has 0 amide bonds. The molecule has 0 aliphatic rings. The Bertz CT molecular complexity index is 505. The van der Waals surface area contributed by atoms with Gasteiger partial charge in [0, 0.05) is 0 Å². The molecule has 0 fully saturated rings. The minimum absolute atomic E-state index is 0.143. The van der Waals surface area contributed by atoms with Gasteiger partial charge >= 0.3 is 0 Å². The van der Waals surface area contributed by atoms with Gasteiger partial charge in [0.15, 0.2) is 6.19 Å². The summed E-state index contributed by atoms with van der Waals surface area (Å²) in [4.78, 5) is 1.49. The molecule has 0 aromatic heterocycles. The second kappa shape index (κ2) is 5.51. The number of hydrogen-bond donors (Lipinski definition) is 0. The van der Waals surface area contributed by atoms with Gasteiger partial charge in [-0.1, -0.05) is 64.5 Å². The summed E-state index contributed by atoms with van der Waals surface area (Å²) in [6.45, 7) is 0. The molecule has 1 atom stereocenters. The molecule has 0 aliphatic carbocycles. The third kappa shape index (κ3) is 2.66. The number of rotatable bonds is 3. The Morgan fingerprint density at radius 2 is 1.47 bits per heavy atom. The standard InChI is InChI=1S/C14H11BrN2/c15-14(12-7-3-1-4-8-12)17(11-16)13-9-5-2-6-10-13/h1-10,14H. The number of halogens is 1. The van der Waals surface area contributed by atoms with Crippen molar-refractivity contribution in [3.05, 3.63) is 66.2 Å². The highest BCUT2D eigenvalue weighted by Gasteiger charge is 2.16. The number of nitriles is 1. The fourth-order valence-electron chi connectivity index (χ4n) is 1.59. The molecule has 0 radical (unpaired) electrons. The first-order chi connectivity index (χ1) is 8.33. The highest BCUT2D eigenvalue weighted by atomic mass is 79.9. The van der Waals surface area contributed by atoms with Gasteiger partial charge in [0.1, 0.15) is 4.95 Å². The maximum atomic E-state index is 9.26. The molecule has 0 heterocycles. The quantitative estimate of drug-likeness (QED) is 0.368. The van der Waals surface area contributed by atoms with E-state index in [0.717, 1.165) is 11.3 Å². The summed E-state index contributed by atoms with van der Waals surface area (Å²) in [6, 6.07) is 19.5. The molecule has 0 saturated heterocycles. The van der Waals surface area contributed by atoms with Crippen molar-refractivity contribution in [2.24, 2.45) is 0 Å². The highest BCUT2D eigenvalue weighted by molar-refractivity contribution is 9.09. The molecule has 17 heavy (non-hydrogen) atoms. The van der Waals surface area contributed by atoms with Crippen LogP contribution in [0.2, 0.25) is 0 Å². The first kappa shape index (κ1) is 11.7. The van der Waals surface area contributed by atoms with E-state index in [0.29, 0.717) is 0 Å². The first-order valence-electron chi connectivity index (χ1n) is 5.26. The van der Waals surface area contributed by atoms with Crippen LogP contribution in [0.15, 0.2) is 60.7 Å². The smallest absolute Gasteiger partial charge is 0.185 e. The number of para-hydroxylation sites is 1. The monoisotopic (exact) mass is 286 g/mol. The van der Waals surface area contributed by atoms with E-state index >= 15 is 0 Å². The van der Waals surface area contributed by atoms with Crippen molar-refractivity contribution in [1.82, 2.24) is 0 Å². The van der Waals surface area contributed by atoms with Crippen LogP contribution < -0.4 is 4.90 Å². The zero-order valence-electron chi connectivity index (χ0n) is 9.12. The van der Waals surface area contributed by atoms with E-state index in [1.54, 1.807) is 4.90 Å². The normalized spacial score (nSPS) is 11.5. The van der Waals surface area contributed by atoms with Crippen LogP contribution in [-0.4, -0.2) is 0 Å². The van der Waals surface area contributed by atoms with Gasteiger partial charge in [-0.3, -0.25) is 4.90 Å². The van der Waals surface area contributed by atoms with E-state index in [1.165, 1.54) is 0 Å². The van der Waals surface area contributed by atoms with Crippen molar-refractivity contribution in [1.29, 1.82) is 5.26 Å². The minimum atomic E-state index is -0.143. The molecule has 3 heteroatoms. The Morgan fingerprint density at radius 3 is 2.00 bits per heavy atom. The molecular weight excluding hydrogens is 276 g/mol. The molecule has 84 valence electrons. The lowest BCUT2D eigenvalue weighted by atomic mass is 10.2. The Labute approximate surface area is 109 Å². The summed E-state index contributed by atoms with van der Waals surface area (Å²) in [5.41, 5.74) is 1.93. The van der Waals surface area contributed by atoms with Gasteiger partial charge in [-0.15, -0.1) is 0 Å². The number of hydrogen-bond acceptors (Lipinski definition) is 2. The predicted molar refractivity (Wildman–Crippen MR) is 72.6 cm³/mol. The second-order valence-electron chi connectivity index (χ2n) is 3.55. The minimum Gasteiger partial charge on any atom is -0.261 e. The van der Waals surface area contributed by atoms with E-state index in [4.69, 9.17) is 0 Å². The Morgan fingerprint density at radius 1 is 0.941 bits per heavy atom. The van der Waals surface area contributed by atoms with Gasteiger partial charge in [0.05, 0.1) is 5.69 Å². The van der Waals surface area contributed by atoms with Crippen molar-refractivity contribution < 1.29 is 0 Å². The maximum absolute atomic E-state index is 9.26. The van der Waals surface area contributed by atoms with E-state index in [9.17, 15) is 5.26 Å². The zero-order chi connectivity index (χ0) is 12.1. The summed E-state index contributed by atoms with van der Waals surface area (Å²) >= 11 is 3.55. The van der Waals surface area contributed by atoms with E-state index in [2.05, 4.69) is 22.1 Å². The Kier molecular flexibility index (Phi) is 3.79. The maximum Gasteiger partial charge on any atom is 0.185 e. The van der Waals surface area contributed by atoms with Crippen LogP contribution in [-0.2, 0) is 0 Å². The van der Waals surface area contributed by atoms with Gasteiger partial charge in [-0.2, -0.15) is 5.26 Å². The summed E-state index contributed by atoms with van der Waals surface area (Å²) in [7, 11) is 0. The third-order valence-electron chi connectivity index (χ3n) is 2.44. The summed E-state index contributed by atoms with van der Waals surface area (Å²) < 4.78 is 0. The van der Waals surface area contributed by atoms with Crippen molar-refractivity contribution >= 4 is 21.6 Å². The van der Waals surface area contributed by atoms with Crippen molar-refractivity contribution in [3.8, 4) is 6.19 Å². The van der Waals surface area contributed by atoms with Crippen LogP contribution in [0.25, 0.3) is 0 Å². The van der Waals surface area contributed by atoms with Crippen molar-refractivity contribution in [2.75, 3.05) is 4.90 Å². The van der Waals surface area contributed by atoms with Crippen molar-refractivity contribution in [3.63, 3.8) is 0 Å². The molecule has 0 N–H and O–H groups in total. The summed E-state index contributed by atoms with van der Waals surface area (Å²) in [5, 5.41) is 9.26. The lowest BCUT2D eigenvalue weighted by Gasteiger charge is -2.22. The van der Waals surface area contributed by atoms with Crippen LogP contribution in [0.4, 0.5) is 5.69 Å². The average Bonchev–Trinajstić information content (AvgIpc) is 2.42. The summed E-state index contributed by atoms with van der Waals surface area (Å²) in [6.07, 6.45) is 2.20. The van der Waals surface area contributed by atoms with Gasteiger partial charge in [-0.25, -0.2) is 0 Å². The number of alkyl halides is 1. The van der Waals surface area contributed by atoms with Crippen molar-refractivity contribution in [2.45, 2.75) is 4.95 Å². The van der Waals surface area contributed by atoms with E-state index < -0.39 is 0 Å². The first-order valence-corrected chi connectivity index (χ1v) is 6.17. The summed E-state index contributed by atoms with van der Waals surface area (Å²) in [5.74, 6) is 0. The highest BCUT2D eigenvalue weighted by Crippen LogP contribution is 2.30. The molecule has 2 aromatic carbocycles. The van der Waals surface area contributed by atoms with Gasteiger partial charge in [-0.05, 0) is 17.7 Å². The molecule has 2 aromatic rings. The Hall–Kier alpha value is -1.79. The average molecular weight is 287 g/mol. The predicted octanol–water partition coefficient (Wildman–Crippen LogP) is 4.07. The van der Waals surface area contributed by atoms with Crippen LogP contribution in [0, 0.1) is 11.5 Å².